The summed E-state index contributed by atoms with van der Waals surface area (Å²) in [7, 11) is 0. The van der Waals surface area contributed by atoms with Gasteiger partial charge in [-0.25, -0.2) is 10.2 Å². The molecule has 0 saturated carbocycles. The predicted octanol–water partition coefficient (Wildman–Crippen LogP) is 0.889. The summed E-state index contributed by atoms with van der Waals surface area (Å²) in [4.78, 5) is 33.3. The van der Waals surface area contributed by atoms with Gasteiger partial charge in [0.05, 0.1) is 6.21 Å². The summed E-state index contributed by atoms with van der Waals surface area (Å²) in [5.74, 6) is -2.50. The maximum Gasteiger partial charge on any atom is 0.341 e. The van der Waals surface area contributed by atoms with Crippen molar-refractivity contribution in [2.45, 2.75) is 13.3 Å². The Kier molecular flexibility index (Phi) is 7.75. The van der Waals surface area contributed by atoms with Crippen LogP contribution < -0.4 is 15.5 Å². The lowest BCUT2D eigenvalue weighted by molar-refractivity contribution is -0.139. The van der Waals surface area contributed by atoms with Crippen LogP contribution in [0.25, 0.3) is 0 Å². The van der Waals surface area contributed by atoms with Crippen LogP contribution in [-0.2, 0) is 14.4 Å². The van der Waals surface area contributed by atoms with E-state index < -0.39 is 24.4 Å². The number of hydrogen-bond donors (Lipinski definition) is 3. The molecule has 0 saturated heterocycles. The van der Waals surface area contributed by atoms with E-state index in [1.165, 1.54) is 6.21 Å². The van der Waals surface area contributed by atoms with E-state index in [2.05, 4.69) is 31.8 Å². The molecule has 8 nitrogen and oxygen atoms in total. The van der Waals surface area contributed by atoms with Gasteiger partial charge in [-0.1, -0.05) is 22.9 Å². The second-order valence-electron chi connectivity index (χ2n) is 4.32. The predicted molar refractivity (Wildman–Crippen MR) is 86.3 cm³/mol. The molecule has 0 aliphatic rings. The minimum Gasteiger partial charge on any atom is -0.481 e. The van der Waals surface area contributed by atoms with Crippen molar-refractivity contribution < 1.29 is 24.2 Å². The molecule has 1 rings (SSSR count). The highest BCUT2D eigenvalue weighted by molar-refractivity contribution is 9.10. The van der Waals surface area contributed by atoms with E-state index >= 15 is 0 Å². The van der Waals surface area contributed by atoms with E-state index in [9.17, 15) is 14.4 Å². The monoisotopic (exact) mass is 385 g/mol. The zero-order valence-corrected chi connectivity index (χ0v) is 13.9. The number of nitrogens with zero attached hydrogens (tertiary/aromatic N) is 1. The van der Waals surface area contributed by atoms with Gasteiger partial charge in [0, 0.05) is 16.6 Å². The van der Waals surface area contributed by atoms with Crippen LogP contribution >= 0.6 is 15.9 Å². The Labute approximate surface area is 141 Å². The van der Waals surface area contributed by atoms with Crippen LogP contribution in [0.3, 0.4) is 0 Å². The van der Waals surface area contributed by atoms with Crippen LogP contribution in [-0.4, -0.2) is 42.3 Å². The smallest absolute Gasteiger partial charge is 0.341 e. The number of carbonyl (C=O) groups excluding carboxylic acids is 2. The number of hydrazone groups is 1. The highest BCUT2D eigenvalue weighted by Gasteiger charge is 2.11. The first-order chi connectivity index (χ1) is 10.9. The van der Waals surface area contributed by atoms with Gasteiger partial charge < -0.3 is 15.2 Å². The van der Waals surface area contributed by atoms with Crippen LogP contribution in [0.4, 0.5) is 0 Å². The van der Waals surface area contributed by atoms with Gasteiger partial charge in [-0.05, 0) is 24.6 Å². The zero-order valence-electron chi connectivity index (χ0n) is 12.3. The van der Waals surface area contributed by atoms with E-state index in [1.54, 1.807) is 18.2 Å². The molecule has 3 N–H and O–H groups in total. The van der Waals surface area contributed by atoms with Crippen LogP contribution in [0.5, 0.6) is 5.75 Å². The Hall–Kier alpha value is -2.42. The van der Waals surface area contributed by atoms with E-state index in [-0.39, 0.29) is 5.75 Å². The number of aliphatic carboxylic acids is 1. The van der Waals surface area contributed by atoms with Gasteiger partial charge in [-0.15, -0.1) is 0 Å². The van der Waals surface area contributed by atoms with Gasteiger partial charge in [0.2, 0.25) is 0 Å². The normalized spacial score (nSPS) is 10.3. The molecule has 2 amide bonds. The van der Waals surface area contributed by atoms with Crippen LogP contribution in [0.1, 0.15) is 18.9 Å². The first-order valence-electron chi connectivity index (χ1n) is 6.69. The molecule has 0 aliphatic carbocycles. The van der Waals surface area contributed by atoms with Gasteiger partial charge in [-0.3, -0.25) is 9.59 Å². The average Bonchev–Trinajstić information content (AvgIpc) is 2.51. The lowest BCUT2D eigenvalue weighted by Crippen LogP contribution is -2.38. The number of carbonyl (C=O) groups is 3. The number of halogens is 1. The van der Waals surface area contributed by atoms with Gasteiger partial charge >= 0.3 is 17.8 Å². The average molecular weight is 386 g/mol. The molecule has 124 valence electrons. The van der Waals surface area contributed by atoms with Crippen LogP contribution in [0.2, 0.25) is 0 Å². The van der Waals surface area contributed by atoms with Crippen molar-refractivity contribution in [2.24, 2.45) is 5.10 Å². The maximum atomic E-state index is 11.5. The second-order valence-corrected chi connectivity index (χ2v) is 5.24. The first-order valence-corrected chi connectivity index (χ1v) is 7.48. The lowest BCUT2D eigenvalue weighted by atomic mass is 10.2. The Morgan fingerprint density at radius 1 is 1.35 bits per heavy atom. The van der Waals surface area contributed by atoms with Gasteiger partial charge in [0.1, 0.15) is 5.75 Å². The third-order valence-electron chi connectivity index (χ3n) is 2.43. The fourth-order valence-electron chi connectivity index (χ4n) is 1.42. The fraction of sp³-hybridized carbons (Fsp3) is 0.286. The summed E-state index contributed by atoms with van der Waals surface area (Å²) < 4.78 is 5.82. The molecule has 0 fully saturated rings. The number of nitrogens with one attached hydrogen (secondary N) is 2. The summed E-state index contributed by atoms with van der Waals surface area (Å²) in [5, 5.41) is 14.7. The molecule has 0 radical (unpaired) electrons. The number of amides is 2. The van der Waals surface area contributed by atoms with Crippen molar-refractivity contribution in [3.05, 3.63) is 28.2 Å². The zero-order chi connectivity index (χ0) is 17.2. The highest BCUT2D eigenvalue weighted by Crippen LogP contribution is 2.21. The van der Waals surface area contributed by atoms with Crippen molar-refractivity contribution in [3.63, 3.8) is 0 Å². The minimum absolute atomic E-state index is 0.282. The van der Waals surface area contributed by atoms with Gasteiger partial charge in [-0.2, -0.15) is 5.10 Å². The molecule has 0 heterocycles. The Morgan fingerprint density at radius 2 is 2.09 bits per heavy atom. The molecule has 23 heavy (non-hydrogen) atoms. The molecule has 0 aliphatic heterocycles. The number of carboxylic acid groups (broad SMARTS) is 1. The first kappa shape index (κ1) is 18.6. The molecule has 0 aromatic heterocycles. The largest absolute Gasteiger partial charge is 0.481 e. The van der Waals surface area contributed by atoms with Crippen molar-refractivity contribution in [1.82, 2.24) is 10.7 Å². The minimum atomic E-state index is -1.11. The van der Waals surface area contributed by atoms with E-state index in [0.29, 0.717) is 23.0 Å². The van der Waals surface area contributed by atoms with Crippen molar-refractivity contribution in [1.29, 1.82) is 0 Å². The Morgan fingerprint density at radius 3 is 2.74 bits per heavy atom. The summed E-state index contributed by atoms with van der Waals surface area (Å²) in [6.45, 7) is 1.76. The van der Waals surface area contributed by atoms with Gasteiger partial charge in [0.15, 0.2) is 6.61 Å². The quantitative estimate of drug-likeness (QED) is 0.366. The summed E-state index contributed by atoms with van der Waals surface area (Å²) in [6, 6.07) is 4.86. The van der Waals surface area contributed by atoms with Crippen molar-refractivity contribution in [3.8, 4) is 5.75 Å². The van der Waals surface area contributed by atoms with Crippen LogP contribution in [0, 0.1) is 0 Å². The van der Waals surface area contributed by atoms with E-state index in [4.69, 9.17) is 9.84 Å². The number of rotatable bonds is 7. The SMILES string of the molecule is CCCNC(=O)C(=O)N/N=C\c1cc(Br)ccc1OCC(=O)O. The number of hydrogen-bond acceptors (Lipinski definition) is 5. The molecule has 0 unspecified atom stereocenters. The molecule has 9 heteroatoms. The summed E-state index contributed by atoms with van der Waals surface area (Å²) in [6.07, 6.45) is 1.97. The topological polar surface area (TPSA) is 117 Å². The van der Waals surface area contributed by atoms with Crippen LogP contribution in [0.15, 0.2) is 27.8 Å². The third kappa shape index (κ3) is 6.92. The maximum absolute atomic E-state index is 11.5. The summed E-state index contributed by atoms with van der Waals surface area (Å²) >= 11 is 3.26. The Balaban J connectivity index is 2.71. The molecule has 1 aromatic carbocycles. The number of benzene rings is 1. The Bertz CT molecular complexity index is 618. The molecular formula is C14H16BrN3O5. The molecular weight excluding hydrogens is 370 g/mol. The highest BCUT2D eigenvalue weighted by atomic mass is 79.9. The fourth-order valence-corrected chi connectivity index (χ4v) is 1.80. The number of carboxylic acids is 1. The standard InChI is InChI=1S/C14H16BrN3O5/c1-2-5-16-13(21)14(22)18-17-7-9-6-10(15)3-4-11(9)23-8-12(19)20/h3-4,6-7H,2,5,8H2,1H3,(H,16,21)(H,18,22)(H,19,20)/b17-7-. The van der Waals surface area contributed by atoms with E-state index in [1.807, 2.05) is 6.92 Å². The third-order valence-corrected chi connectivity index (χ3v) is 2.93. The van der Waals surface area contributed by atoms with E-state index in [0.717, 1.165) is 0 Å². The van der Waals surface area contributed by atoms with Gasteiger partial charge in [0.25, 0.3) is 0 Å². The second kappa shape index (κ2) is 9.57. The molecule has 1 aromatic rings. The molecule has 0 spiro atoms. The molecule has 0 atom stereocenters. The lowest BCUT2D eigenvalue weighted by Gasteiger charge is -2.07. The van der Waals surface area contributed by atoms with Crippen molar-refractivity contribution in [2.75, 3.05) is 13.2 Å². The molecule has 0 bridgehead atoms. The summed E-state index contributed by atoms with van der Waals surface area (Å²) in [5.41, 5.74) is 2.52. The van der Waals surface area contributed by atoms with Crippen molar-refractivity contribution >= 4 is 39.9 Å². The number of ether oxygens (including phenoxy) is 1.